The van der Waals surface area contributed by atoms with Gasteiger partial charge in [-0.25, -0.2) is 0 Å². The lowest BCUT2D eigenvalue weighted by atomic mass is 10.2. The van der Waals surface area contributed by atoms with E-state index in [0.29, 0.717) is 6.04 Å². The molecule has 1 fully saturated rings. The smallest absolute Gasteiger partial charge is 0.0250 e. The molecule has 1 aliphatic rings. The third-order valence-corrected chi connectivity index (χ3v) is 1.92. The quantitative estimate of drug-likeness (QED) is 0.590. The molecule has 0 aromatic rings. The van der Waals surface area contributed by atoms with Crippen molar-refractivity contribution in [1.29, 1.82) is 0 Å². The Labute approximate surface area is 63.5 Å². The Balaban J connectivity index is 2.10. The summed E-state index contributed by atoms with van der Waals surface area (Å²) in [7, 11) is 0. The maximum absolute atomic E-state index is 3.43. The van der Waals surface area contributed by atoms with Crippen LogP contribution in [0.3, 0.4) is 0 Å². The van der Waals surface area contributed by atoms with Gasteiger partial charge in [0.2, 0.25) is 0 Å². The maximum atomic E-state index is 3.43. The van der Waals surface area contributed by atoms with Gasteiger partial charge in [-0.05, 0) is 25.8 Å². The van der Waals surface area contributed by atoms with E-state index in [0.717, 1.165) is 0 Å². The minimum atomic E-state index is 0.687. The molecular formula is C9H17N. The zero-order chi connectivity index (χ0) is 7.23. The van der Waals surface area contributed by atoms with Gasteiger partial charge in [0.05, 0.1) is 0 Å². The van der Waals surface area contributed by atoms with E-state index in [2.05, 4.69) is 24.4 Å². The maximum Gasteiger partial charge on any atom is 0.0250 e. The molecule has 0 radical (unpaired) electrons. The van der Waals surface area contributed by atoms with E-state index >= 15 is 0 Å². The fraction of sp³-hybridized carbons (Fsp3) is 0.778. The van der Waals surface area contributed by atoms with Crippen LogP contribution >= 0.6 is 0 Å². The zero-order valence-corrected chi connectivity index (χ0v) is 6.77. The summed E-state index contributed by atoms with van der Waals surface area (Å²) in [5, 5.41) is 3.43. The van der Waals surface area contributed by atoms with Crippen LogP contribution in [-0.2, 0) is 0 Å². The van der Waals surface area contributed by atoms with Gasteiger partial charge >= 0.3 is 0 Å². The molecule has 0 bridgehead atoms. The number of rotatable bonds is 3. The van der Waals surface area contributed by atoms with Gasteiger partial charge in [0.25, 0.3) is 0 Å². The Morgan fingerprint density at radius 3 is 3.10 bits per heavy atom. The molecule has 0 aliphatic carbocycles. The summed E-state index contributed by atoms with van der Waals surface area (Å²) in [5.41, 5.74) is 0. The molecule has 1 heterocycles. The second-order valence-corrected chi connectivity index (χ2v) is 2.92. The molecule has 10 heavy (non-hydrogen) atoms. The number of unbranched alkanes of at least 4 members (excludes halogenated alkanes) is 1. The van der Waals surface area contributed by atoms with Gasteiger partial charge in [-0.2, -0.15) is 0 Å². The number of hydrogen-bond donors (Lipinski definition) is 1. The minimum absolute atomic E-state index is 0.687. The summed E-state index contributed by atoms with van der Waals surface area (Å²) < 4.78 is 0. The van der Waals surface area contributed by atoms with Crippen molar-refractivity contribution in [3.8, 4) is 0 Å². The summed E-state index contributed by atoms with van der Waals surface area (Å²) in [4.78, 5) is 0. The molecule has 0 amide bonds. The molecule has 0 saturated carbocycles. The molecule has 1 rings (SSSR count). The SMILES string of the molecule is CCCC=CC1CCCN1. The Morgan fingerprint density at radius 1 is 1.60 bits per heavy atom. The molecular weight excluding hydrogens is 122 g/mol. The van der Waals surface area contributed by atoms with Gasteiger partial charge in [0.1, 0.15) is 0 Å². The zero-order valence-electron chi connectivity index (χ0n) is 6.77. The summed E-state index contributed by atoms with van der Waals surface area (Å²) in [5.74, 6) is 0. The van der Waals surface area contributed by atoms with Crippen molar-refractivity contribution in [2.24, 2.45) is 0 Å². The normalized spacial score (nSPS) is 26.3. The van der Waals surface area contributed by atoms with Crippen LogP contribution in [0, 0.1) is 0 Å². The predicted molar refractivity (Wildman–Crippen MR) is 45.1 cm³/mol. The van der Waals surface area contributed by atoms with E-state index in [9.17, 15) is 0 Å². The standard InChI is InChI=1S/C9H17N/c1-2-3-4-6-9-7-5-8-10-9/h4,6,9-10H,2-3,5,7-8H2,1H3. The van der Waals surface area contributed by atoms with Crippen LogP contribution in [0.5, 0.6) is 0 Å². The lowest BCUT2D eigenvalue weighted by Gasteiger charge is -2.00. The molecule has 0 aromatic heterocycles. The molecule has 1 saturated heterocycles. The van der Waals surface area contributed by atoms with E-state index in [1.165, 1.54) is 32.2 Å². The van der Waals surface area contributed by atoms with Gasteiger partial charge in [-0.3, -0.25) is 0 Å². The molecule has 0 spiro atoms. The van der Waals surface area contributed by atoms with Crippen LogP contribution in [0.1, 0.15) is 32.6 Å². The van der Waals surface area contributed by atoms with Gasteiger partial charge in [-0.15, -0.1) is 0 Å². The number of nitrogens with one attached hydrogen (secondary N) is 1. The largest absolute Gasteiger partial charge is 0.311 e. The molecule has 1 aliphatic heterocycles. The average molecular weight is 139 g/mol. The van der Waals surface area contributed by atoms with Crippen LogP contribution in [0.25, 0.3) is 0 Å². The van der Waals surface area contributed by atoms with Crippen molar-refractivity contribution in [2.75, 3.05) is 6.54 Å². The van der Waals surface area contributed by atoms with Crippen molar-refractivity contribution in [2.45, 2.75) is 38.6 Å². The molecule has 1 atom stereocenters. The Morgan fingerprint density at radius 2 is 2.50 bits per heavy atom. The summed E-state index contributed by atoms with van der Waals surface area (Å²) in [6.45, 7) is 3.42. The van der Waals surface area contributed by atoms with E-state index in [1.807, 2.05) is 0 Å². The van der Waals surface area contributed by atoms with Crippen molar-refractivity contribution in [3.05, 3.63) is 12.2 Å². The van der Waals surface area contributed by atoms with Crippen LogP contribution < -0.4 is 5.32 Å². The molecule has 1 heteroatoms. The molecule has 1 nitrogen and oxygen atoms in total. The second kappa shape index (κ2) is 4.51. The van der Waals surface area contributed by atoms with Crippen LogP contribution in [0.2, 0.25) is 0 Å². The summed E-state index contributed by atoms with van der Waals surface area (Å²) in [6.07, 6.45) is 9.79. The van der Waals surface area contributed by atoms with Crippen molar-refractivity contribution < 1.29 is 0 Å². The van der Waals surface area contributed by atoms with Gasteiger partial charge in [0.15, 0.2) is 0 Å². The lowest BCUT2D eigenvalue weighted by molar-refractivity contribution is 0.723. The fourth-order valence-electron chi connectivity index (χ4n) is 1.30. The van der Waals surface area contributed by atoms with Crippen LogP contribution in [-0.4, -0.2) is 12.6 Å². The molecule has 0 aromatic carbocycles. The van der Waals surface area contributed by atoms with E-state index in [4.69, 9.17) is 0 Å². The highest BCUT2D eigenvalue weighted by Gasteiger charge is 2.08. The third-order valence-electron chi connectivity index (χ3n) is 1.92. The summed E-state index contributed by atoms with van der Waals surface area (Å²) in [6, 6.07) is 0.687. The van der Waals surface area contributed by atoms with Crippen LogP contribution in [0.15, 0.2) is 12.2 Å². The number of allylic oxidation sites excluding steroid dienone is 1. The van der Waals surface area contributed by atoms with Crippen LogP contribution in [0.4, 0.5) is 0 Å². The molecule has 1 unspecified atom stereocenters. The highest BCUT2D eigenvalue weighted by molar-refractivity contribution is 4.95. The first-order chi connectivity index (χ1) is 4.93. The van der Waals surface area contributed by atoms with Crippen molar-refractivity contribution in [3.63, 3.8) is 0 Å². The van der Waals surface area contributed by atoms with E-state index in [-0.39, 0.29) is 0 Å². The second-order valence-electron chi connectivity index (χ2n) is 2.92. The van der Waals surface area contributed by atoms with E-state index in [1.54, 1.807) is 0 Å². The monoisotopic (exact) mass is 139 g/mol. The highest BCUT2D eigenvalue weighted by atomic mass is 14.9. The Hall–Kier alpha value is -0.300. The first kappa shape index (κ1) is 7.80. The Kier molecular flexibility index (Phi) is 3.52. The minimum Gasteiger partial charge on any atom is -0.311 e. The topological polar surface area (TPSA) is 12.0 Å². The third kappa shape index (κ3) is 2.53. The van der Waals surface area contributed by atoms with Gasteiger partial charge in [-0.1, -0.05) is 25.5 Å². The van der Waals surface area contributed by atoms with Crippen molar-refractivity contribution in [1.82, 2.24) is 5.32 Å². The highest BCUT2D eigenvalue weighted by Crippen LogP contribution is 2.06. The van der Waals surface area contributed by atoms with Crippen molar-refractivity contribution >= 4 is 0 Å². The first-order valence-electron chi connectivity index (χ1n) is 4.33. The lowest BCUT2D eigenvalue weighted by Crippen LogP contribution is -2.17. The Bertz CT molecular complexity index is 101. The fourth-order valence-corrected chi connectivity index (χ4v) is 1.30. The predicted octanol–water partition coefficient (Wildman–Crippen LogP) is 2.09. The van der Waals surface area contributed by atoms with Gasteiger partial charge < -0.3 is 5.32 Å². The molecule has 1 N–H and O–H groups in total. The van der Waals surface area contributed by atoms with E-state index < -0.39 is 0 Å². The van der Waals surface area contributed by atoms with Gasteiger partial charge in [0, 0.05) is 6.04 Å². The summed E-state index contributed by atoms with van der Waals surface area (Å²) >= 11 is 0. The molecule has 58 valence electrons. The first-order valence-corrected chi connectivity index (χ1v) is 4.33. The average Bonchev–Trinajstić information content (AvgIpc) is 2.41. The number of hydrogen-bond acceptors (Lipinski definition) is 1.